The van der Waals surface area contributed by atoms with Crippen molar-refractivity contribution >= 4 is 16.1 Å². The van der Waals surface area contributed by atoms with Gasteiger partial charge in [0.2, 0.25) is 5.91 Å². The van der Waals surface area contributed by atoms with Crippen molar-refractivity contribution in [2.75, 3.05) is 26.2 Å². The van der Waals surface area contributed by atoms with Crippen molar-refractivity contribution in [2.24, 2.45) is 17.0 Å². The molecule has 134 valence electrons. The number of hydrogen-bond donors (Lipinski definition) is 3. The molecule has 23 heavy (non-hydrogen) atoms. The Balaban J connectivity index is 1.74. The molecule has 0 aromatic rings. The Morgan fingerprint density at radius 1 is 1.22 bits per heavy atom. The van der Waals surface area contributed by atoms with Crippen LogP contribution in [0.3, 0.4) is 0 Å². The van der Waals surface area contributed by atoms with E-state index in [9.17, 15) is 13.2 Å². The molecule has 2 fully saturated rings. The number of nitrogens with one attached hydrogen (secondary N) is 2. The van der Waals surface area contributed by atoms with E-state index in [1.54, 1.807) is 0 Å². The Morgan fingerprint density at radius 2 is 1.96 bits per heavy atom. The SMILES string of the molecule is C[C@@H]1CCCC[C@H]1NC(=O)CN1CCC[C@@H](CNS(N)(=O)=O)C1. The highest BCUT2D eigenvalue weighted by Gasteiger charge is 2.25. The molecule has 1 amide bonds. The van der Waals surface area contributed by atoms with Gasteiger partial charge in [-0.15, -0.1) is 0 Å². The number of carbonyl (C=O) groups is 1. The van der Waals surface area contributed by atoms with Crippen LogP contribution >= 0.6 is 0 Å². The van der Waals surface area contributed by atoms with Gasteiger partial charge in [0.05, 0.1) is 6.54 Å². The molecule has 1 heterocycles. The molecule has 1 aliphatic carbocycles. The lowest BCUT2D eigenvalue weighted by atomic mass is 9.86. The van der Waals surface area contributed by atoms with Gasteiger partial charge in [-0.1, -0.05) is 19.8 Å². The third-order valence-corrected chi connectivity index (χ3v) is 5.57. The lowest BCUT2D eigenvalue weighted by Gasteiger charge is -2.34. The fourth-order valence-corrected chi connectivity index (χ4v) is 4.15. The second-order valence-corrected chi connectivity index (χ2v) is 8.45. The average molecular weight is 346 g/mol. The normalized spacial score (nSPS) is 30.1. The quantitative estimate of drug-likeness (QED) is 0.638. The van der Waals surface area contributed by atoms with Crippen molar-refractivity contribution in [3.05, 3.63) is 0 Å². The Labute approximate surface area is 139 Å². The number of piperidine rings is 1. The molecular formula is C15H30N4O3S. The van der Waals surface area contributed by atoms with E-state index in [1.165, 1.54) is 19.3 Å². The highest BCUT2D eigenvalue weighted by molar-refractivity contribution is 7.87. The van der Waals surface area contributed by atoms with Gasteiger partial charge in [-0.05, 0) is 44.1 Å². The summed E-state index contributed by atoms with van der Waals surface area (Å²) < 4.78 is 24.3. The minimum absolute atomic E-state index is 0.0869. The zero-order chi connectivity index (χ0) is 16.9. The van der Waals surface area contributed by atoms with Crippen molar-refractivity contribution in [2.45, 2.75) is 51.5 Å². The summed E-state index contributed by atoms with van der Waals surface area (Å²) >= 11 is 0. The predicted molar refractivity (Wildman–Crippen MR) is 89.8 cm³/mol. The number of nitrogens with zero attached hydrogens (tertiary/aromatic N) is 1. The number of rotatable bonds is 6. The number of amides is 1. The molecule has 0 aromatic heterocycles. The lowest BCUT2D eigenvalue weighted by Crippen LogP contribution is -2.49. The smallest absolute Gasteiger partial charge is 0.274 e. The van der Waals surface area contributed by atoms with E-state index in [-0.39, 0.29) is 11.8 Å². The second kappa shape index (κ2) is 8.41. The third kappa shape index (κ3) is 6.74. The maximum atomic E-state index is 12.3. The molecular weight excluding hydrogens is 316 g/mol. The van der Waals surface area contributed by atoms with Crippen LogP contribution in [0, 0.1) is 11.8 Å². The van der Waals surface area contributed by atoms with E-state index in [2.05, 4.69) is 21.9 Å². The zero-order valence-electron chi connectivity index (χ0n) is 14.0. The summed E-state index contributed by atoms with van der Waals surface area (Å²) in [5.74, 6) is 0.855. The van der Waals surface area contributed by atoms with Gasteiger partial charge in [-0.3, -0.25) is 9.69 Å². The van der Waals surface area contributed by atoms with E-state index in [1.807, 2.05) is 0 Å². The van der Waals surface area contributed by atoms with Crippen molar-refractivity contribution in [3.8, 4) is 0 Å². The van der Waals surface area contributed by atoms with Gasteiger partial charge in [0, 0.05) is 19.1 Å². The predicted octanol–water partition coefficient (Wildman–Crippen LogP) is 0.186. The van der Waals surface area contributed by atoms with E-state index >= 15 is 0 Å². The molecule has 4 N–H and O–H groups in total. The lowest BCUT2D eigenvalue weighted by molar-refractivity contribution is -0.123. The molecule has 2 rings (SSSR count). The first-order chi connectivity index (χ1) is 10.8. The van der Waals surface area contributed by atoms with Gasteiger partial charge >= 0.3 is 0 Å². The summed E-state index contributed by atoms with van der Waals surface area (Å²) in [5, 5.41) is 8.14. The van der Waals surface area contributed by atoms with E-state index in [0.717, 1.165) is 32.4 Å². The highest BCUT2D eigenvalue weighted by atomic mass is 32.2. The van der Waals surface area contributed by atoms with Crippen LogP contribution in [0.2, 0.25) is 0 Å². The summed E-state index contributed by atoms with van der Waals surface area (Å²) in [4.78, 5) is 14.4. The molecule has 2 aliphatic rings. The number of nitrogens with two attached hydrogens (primary N) is 1. The number of hydrogen-bond acceptors (Lipinski definition) is 4. The minimum atomic E-state index is -3.64. The maximum Gasteiger partial charge on any atom is 0.274 e. The van der Waals surface area contributed by atoms with Gasteiger partial charge in [0.1, 0.15) is 0 Å². The first kappa shape index (κ1) is 18.6. The van der Waals surface area contributed by atoms with E-state index in [0.29, 0.717) is 25.0 Å². The largest absolute Gasteiger partial charge is 0.352 e. The first-order valence-corrected chi connectivity index (χ1v) is 10.2. The molecule has 0 aromatic carbocycles. The first-order valence-electron chi connectivity index (χ1n) is 8.62. The van der Waals surface area contributed by atoms with E-state index in [4.69, 9.17) is 5.14 Å². The van der Waals surface area contributed by atoms with Crippen LogP contribution in [-0.4, -0.2) is 51.4 Å². The van der Waals surface area contributed by atoms with Gasteiger partial charge < -0.3 is 5.32 Å². The number of carbonyl (C=O) groups excluding carboxylic acids is 1. The fourth-order valence-electron chi connectivity index (χ4n) is 3.68. The summed E-state index contributed by atoms with van der Waals surface area (Å²) in [5.41, 5.74) is 0. The number of likely N-dealkylation sites (tertiary alicyclic amines) is 1. The Hall–Kier alpha value is -0.700. The average Bonchev–Trinajstić information content (AvgIpc) is 2.47. The van der Waals surface area contributed by atoms with Crippen LogP contribution in [-0.2, 0) is 15.0 Å². The Kier molecular flexibility index (Phi) is 6.82. The summed E-state index contributed by atoms with van der Waals surface area (Å²) in [6.45, 7) is 4.57. The zero-order valence-corrected chi connectivity index (χ0v) is 14.8. The van der Waals surface area contributed by atoms with E-state index < -0.39 is 10.2 Å². The van der Waals surface area contributed by atoms with Crippen LogP contribution in [0.25, 0.3) is 0 Å². The third-order valence-electron chi connectivity index (χ3n) is 5.00. The second-order valence-electron chi connectivity index (χ2n) is 7.07. The molecule has 7 nitrogen and oxygen atoms in total. The van der Waals surface area contributed by atoms with Crippen molar-refractivity contribution in [1.29, 1.82) is 0 Å². The standard InChI is InChI=1S/C15H30N4O3S/c1-12-5-2-3-7-14(12)18-15(20)11-19-8-4-6-13(10-19)9-17-23(16,21)22/h12-14,17H,2-11H2,1H3,(H,18,20)(H2,16,21,22)/t12-,13+,14-/m1/s1. The van der Waals surface area contributed by atoms with Crippen LogP contribution < -0.4 is 15.2 Å². The molecule has 1 saturated heterocycles. The molecule has 8 heteroatoms. The van der Waals surface area contributed by atoms with Crippen molar-refractivity contribution < 1.29 is 13.2 Å². The maximum absolute atomic E-state index is 12.3. The molecule has 3 atom stereocenters. The topological polar surface area (TPSA) is 105 Å². The molecule has 1 aliphatic heterocycles. The van der Waals surface area contributed by atoms with Crippen LogP contribution in [0.5, 0.6) is 0 Å². The van der Waals surface area contributed by atoms with Gasteiger partial charge in [-0.2, -0.15) is 8.42 Å². The molecule has 0 radical (unpaired) electrons. The molecule has 1 saturated carbocycles. The Bertz CT molecular complexity index is 497. The Morgan fingerprint density at radius 3 is 2.65 bits per heavy atom. The summed E-state index contributed by atoms with van der Waals surface area (Å²) in [6, 6.07) is 0.306. The molecule has 0 bridgehead atoms. The monoisotopic (exact) mass is 346 g/mol. The summed E-state index contributed by atoms with van der Waals surface area (Å²) in [7, 11) is -3.64. The van der Waals surface area contributed by atoms with Gasteiger partial charge in [-0.25, -0.2) is 9.86 Å². The fraction of sp³-hybridized carbons (Fsp3) is 0.933. The van der Waals surface area contributed by atoms with Gasteiger partial charge in [0.15, 0.2) is 0 Å². The molecule has 0 unspecified atom stereocenters. The minimum Gasteiger partial charge on any atom is -0.352 e. The van der Waals surface area contributed by atoms with Crippen LogP contribution in [0.15, 0.2) is 0 Å². The van der Waals surface area contributed by atoms with Crippen molar-refractivity contribution in [3.63, 3.8) is 0 Å². The van der Waals surface area contributed by atoms with Crippen LogP contribution in [0.4, 0.5) is 0 Å². The highest BCUT2D eigenvalue weighted by Crippen LogP contribution is 2.23. The van der Waals surface area contributed by atoms with Crippen LogP contribution in [0.1, 0.15) is 45.4 Å². The van der Waals surface area contributed by atoms with Crippen molar-refractivity contribution in [1.82, 2.24) is 14.9 Å². The van der Waals surface area contributed by atoms with Gasteiger partial charge in [0.25, 0.3) is 10.2 Å². The summed E-state index contributed by atoms with van der Waals surface area (Å²) in [6.07, 6.45) is 6.66. The molecule has 0 spiro atoms.